The Hall–Kier alpha value is -2.55. The number of halogens is 3. The SMILES string of the molecule is N#Cc1ccc(N2CCc3c2cccc3C(F)(F)F)nc1. The van der Waals surface area contributed by atoms with E-state index < -0.39 is 11.7 Å². The van der Waals surface area contributed by atoms with Crippen LogP contribution in [0.4, 0.5) is 24.7 Å². The number of nitrogens with zero attached hydrogens (tertiary/aromatic N) is 3. The topological polar surface area (TPSA) is 39.9 Å². The quantitative estimate of drug-likeness (QED) is 0.804. The van der Waals surface area contributed by atoms with E-state index in [9.17, 15) is 13.2 Å². The van der Waals surface area contributed by atoms with Crippen LogP contribution in [0.2, 0.25) is 0 Å². The van der Waals surface area contributed by atoms with Crippen LogP contribution in [0.15, 0.2) is 36.5 Å². The molecule has 0 saturated carbocycles. The highest BCUT2D eigenvalue weighted by molar-refractivity contribution is 5.69. The number of nitriles is 1. The number of alkyl halides is 3. The summed E-state index contributed by atoms with van der Waals surface area (Å²) in [5.41, 5.74) is 0.663. The molecule has 1 aromatic carbocycles. The van der Waals surface area contributed by atoms with E-state index in [1.165, 1.54) is 12.3 Å². The van der Waals surface area contributed by atoms with Crippen molar-refractivity contribution in [2.24, 2.45) is 0 Å². The average Bonchev–Trinajstić information content (AvgIpc) is 2.90. The second-order valence-electron chi connectivity index (χ2n) is 4.72. The van der Waals surface area contributed by atoms with E-state index in [0.717, 1.165) is 6.07 Å². The number of fused-ring (bicyclic) bond motifs is 1. The lowest BCUT2D eigenvalue weighted by Crippen LogP contribution is -2.14. The Morgan fingerprint density at radius 1 is 1.19 bits per heavy atom. The van der Waals surface area contributed by atoms with Gasteiger partial charge in [-0.25, -0.2) is 4.98 Å². The van der Waals surface area contributed by atoms with Crippen LogP contribution in [-0.2, 0) is 12.6 Å². The summed E-state index contributed by atoms with van der Waals surface area (Å²) in [4.78, 5) is 5.89. The summed E-state index contributed by atoms with van der Waals surface area (Å²) < 4.78 is 39.0. The fourth-order valence-corrected chi connectivity index (χ4v) is 2.55. The van der Waals surface area contributed by atoms with Gasteiger partial charge in [0.2, 0.25) is 0 Å². The van der Waals surface area contributed by atoms with Gasteiger partial charge >= 0.3 is 6.18 Å². The first kappa shape index (κ1) is 13.4. The van der Waals surface area contributed by atoms with Crippen molar-refractivity contribution in [3.63, 3.8) is 0 Å². The van der Waals surface area contributed by atoms with Gasteiger partial charge in [-0.3, -0.25) is 0 Å². The lowest BCUT2D eigenvalue weighted by atomic mass is 10.0. The molecule has 0 aliphatic carbocycles. The third kappa shape index (κ3) is 2.31. The molecule has 1 aliphatic heterocycles. The number of aromatic nitrogens is 1. The molecule has 0 fully saturated rings. The summed E-state index contributed by atoms with van der Waals surface area (Å²) >= 11 is 0. The van der Waals surface area contributed by atoms with Gasteiger partial charge in [0.1, 0.15) is 11.9 Å². The Kier molecular flexibility index (Phi) is 3.05. The molecule has 1 aliphatic rings. The van der Waals surface area contributed by atoms with E-state index in [4.69, 9.17) is 5.26 Å². The van der Waals surface area contributed by atoms with Gasteiger partial charge in [-0.05, 0) is 36.2 Å². The van der Waals surface area contributed by atoms with Crippen LogP contribution < -0.4 is 4.90 Å². The summed E-state index contributed by atoms with van der Waals surface area (Å²) in [6.07, 6.45) is -2.60. The molecule has 0 bridgehead atoms. The molecule has 0 amide bonds. The monoisotopic (exact) mass is 289 g/mol. The summed E-state index contributed by atoms with van der Waals surface area (Å²) in [6.45, 7) is 0.446. The van der Waals surface area contributed by atoms with Crippen molar-refractivity contribution >= 4 is 11.5 Å². The van der Waals surface area contributed by atoms with Crippen molar-refractivity contribution in [3.05, 3.63) is 53.2 Å². The van der Waals surface area contributed by atoms with Gasteiger partial charge in [-0.2, -0.15) is 18.4 Å². The van der Waals surface area contributed by atoms with Crippen molar-refractivity contribution < 1.29 is 13.2 Å². The minimum absolute atomic E-state index is 0.302. The van der Waals surface area contributed by atoms with Gasteiger partial charge in [0.25, 0.3) is 0 Å². The molecule has 6 heteroatoms. The molecule has 0 spiro atoms. The van der Waals surface area contributed by atoms with E-state index in [-0.39, 0.29) is 0 Å². The standard InChI is InChI=1S/C15H10F3N3/c16-15(17,18)12-2-1-3-13-11(12)6-7-21(13)14-5-4-10(8-19)9-20-14/h1-5,9H,6-7H2. The molecule has 21 heavy (non-hydrogen) atoms. The highest BCUT2D eigenvalue weighted by Gasteiger charge is 2.36. The summed E-state index contributed by atoms with van der Waals surface area (Å²) in [5.74, 6) is 0.548. The van der Waals surface area contributed by atoms with Crippen molar-refractivity contribution in [2.75, 3.05) is 11.4 Å². The first-order chi connectivity index (χ1) is 10.0. The van der Waals surface area contributed by atoms with Crippen molar-refractivity contribution in [1.82, 2.24) is 4.98 Å². The number of pyridine rings is 1. The molecular weight excluding hydrogens is 279 g/mol. The summed E-state index contributed by atoms with van der Waals surface area (Å²) in [5, 5.41) is 8.75. The van der Waals surface area contributed by atoms with E-state index >= 15 is 0 Å². The van der Waals surface area contributed by atoms with Gasteiger partial charge in [0, 0.05) is 18.4 Å². The predicted molar refractivity (Wildman–Crippen MR) is 71.1 cm³/mol. The molecule has 2 aromatic rings. The first-order valence-electron chi connectivity index (χ1n) is 6.33. The Labute approximate surface area is 119 Å². The Bertz CT molecular complexity index is 714. The molecule has 1 aromatic heterocycles. The summed E-state index contributed by atoms with van der Waals surface area (Å²) in [6, 6.07) is 9.39. The van der Waals surface area contributed by atoms with Crippen molar-refractivity contribution in [1.29, 1.82) is 5.26 Å². The lowest BCUT2D eigenvalue weighted by Gasteiger charge is -2.19. The Balaban J connectivity index is 2.03. The third-order valence-corrected chi connectivity index (χ3v) is 3.49. The molecule has 0 unspecified atom stereocenters. The predicted octanol–water partition coefficient (Wildman–Crippen LogP) is 3.67. The van der Waals surface area contributed by atoms with Crippen molar-refractivity contribution in [3.8, 4) is 6.07 Å². The molecule has 0 N–H and O–H groups in total. The van der Waals surface area contributed by atoms with Gasteiger partial charge in [-0.15, -0.1) is 0 Å². The maximum atomic E-state index is 13.0. The van der Waals surface area contributed by atoms with E-state index in [2.05, 4.69) is 4.98 Å². The number of benzene rings is 1. The Morgan fingerprint density at radius 3 is 2.62 bits per heavy atom. The molecule has 0 saturated heterocycles. The second-order valence-corrected chi connectivity index (χ2v) is 4.72. The average molecular weight is 289 g/mol. The number of hydrogen-bond acceptors (Lipinski definition) is 3. The molecule has 3 rings (SSSR count). The third-order valence-electron chi connectivity index (χ3n) is 3.49. The minimum atomic E-state index is -4.35. The number of hydrogen-bond donors (Lipinski definition) is 0. The van der Waals surface area contributed by atoms with Gasteiger partial charge < -0.3 is 4.90 Å². The first-order valence-corrected chi connectivity index (χ1v) is 6.33. The Morgan fingerprint density at radius 2 is 2.00 bits per heavy atom. The van der Waals surface area contributed by atoms with Crippen LogP contribution in [0.25, 0.3) is 0 Å². The molecular formula is C15H10F3N3. The normalized spacial score (nSPS) is 13.9. The zero-order valence-electron chi connectivity index (χ0n) is 10.9. The number of rotatable bonds is 1. The van der Waals surface area contributed by atoms with Crippen LogP contribution in [0.5, 0.6) is 0 Å². The van der Waals surface area contributed by atoms with E-state index in [1.807, 2.05) is 6.07 Å². The highest BCUT2D eigenvalue weighted by Crippen LogP contribution is 2.41. The molecule has 2 heterocycles. The maximum absolute atomic E-state index is 13.0. The van der Waals surface area contributed by atoms with Gasteiger partial charge in [0.15, 0.2) is 0 Å². The van der Waals surface area contributed by atoms with Gasteiger partial charge in [-0.1, -0.05) is 6.07 Å². The number of anilines is 2. The molecule has 0 atom stereocenters. The zero-order chi connectivity index (χ0) is 15.0. The maximum Gasteiger partial charge on any atom is 0.416 e. The second kappa shape index (κ2) is 4.77. The fraction of sp³-hybridized carbons (Fsp3) is 0.200. The highest BCUT2D eigenvalue weighted by atomic mass is 19.4. The lowest BCUT2D eigenvalue weighted by molar-refractivity contribution is -0.138. The van der Waals surface area contributed by atoms with Crippen LogP contribution in [0.3, 0.4) is 0 Å². The molecule has 106 valence electrons. The van der Waals surface area contributed by atoms with Gasteiger partial charge in [0.05, 0.1) is 11.1 Å². The van der Waals surface area contributed by atoms with Crippen LogP contribution in [-0.4, -0.2) is 11.5 Å². The molecule has 3 nitrogen and oxygen atoms in total. The van der Waals surface area contributed by atoms with E-state index in [1.54, 1.807) is 23.1 Å². The van der Waals surface area contributed by atoms with Crippen LogP contribution in [0, 0.1) is 11.3 Å². The van der Waals surface area contributed by atoms with Crippen LogP contribution in [0.1, 0.15) is 16.7 Å². The zero-order valence-corrected chi connectivity index (χ0v) is 10.9. The summed E-state index contributed by atoms with van der Waals surface area (Å²) in [7, 11) is 0. The van der Waals surface area contributed by atoms with E-state index in [0.29, 0.717) is 35.6 Å². The molecule has 0 radical (unpaired) electrons. The largest absolute Gasteiger partial charge is 0.416 e. The smallest absolute Gasteiger partial charge is 0.326 e. The van der Waals surface area contributed by atoms with Crippen LogP contribution >= 0.6 is 0 Å². The minimum Gasteiger partial charge on any atom is -0.326 e. The fourth-order valence-electron chi connectivity index (χ4n) is 2.55. The van der Waals surface area contributed by atoms with Crippen molar-refractivity contribution in [2.45, 2.75) is 12.6 Å².